The van der Waals surface area contributed by atoms with Crippen molar-refractivity contribution < 1.29 is 23.7 Å². The normalized spacial score (nSPS) is 37.8. The van der Waals surface area contributed by atoms with Crippen LogP contribution in [0, 0.1) is 11.8 Å². The molecule has 0 bridgehead atoms. The monoisotopic (exact) mass is 290 g/mol. The summed E-state index contributed by atoms with van der Waals surface area (Å²) >= 11 is 0. The standard InChI is InChI=1S/C16H18O5/c1-18-10-4-2-9(3-5-10)16-19-8-12-11-6-15(17)20-13(11)7-14(12)21-16/h2-5,11-14,16H,6-8H2,1H3/t11-,12-,13+,14-,16?/m1/s1. The minimum atomic E-state index is -0.341. The van der Waals surface area contributed by atoms with E-state index in [1.807, 2.05) is 24.3 Å². The molecule has 3 fully saturated rings. The molecule has 5 nitrogen and oxygen atoms in total. The van der Waals surface area contributed by atoms with Gasteiger partial charge in [-0.3, -0.25) is 4.79 Å². The predicted molar refractivity (Wildman–Crippen MR) is 72.7 cm³/mol. The van der Waals surface area contributed by atoms with Crippen molar-refractivity contribution in [3.8, 4) is 5.75 Å². The van der Waals surface area contributed by atoms with Crippen LogP contribution in [0.1, 0.15) is 24.7 Å². The molecule has 1 aromatic carbocycles. The minimum absolute atomic E-state index is 0.0192. The van der Waals surface area contributed by atoms with Crippen LogP contribution >= 0.6 is 0 Å². The van der Waals surface area contributed by atoms with Crippen molar-refractivity contribution in [2.75, 3.05) is 13.7 Å². The molecule has 2 saturated heterocycles. The van der Waals surface area contributed by atoms with E-state index in [4.69, 9.17) is 18.9 Å². The lowest BCUT2D eigenvalue weighted by Gasteiger charge is -2.34. The quantitative estimate of drug-likeness (QED) is 0.780. The van der Waals surface area contributed by atoms with E-state index in [0.717, 1.165) is 17.7 Å². The molecule has 3 aliphatic rings. The van der Waals surface area contributed by atoms with Crippen LogP contribution in [-0.4, -0.2) is 31.9 Å². The maximum Gasteiger partial charge on any atom is 0.306 e. The maximum atomic E-state index is 11.4. The van der Waals surface area contributed by atoms with Crippen molar-refractivity contribution in [3.05, 3.63) is 29.8 Å². The average molecular weight is 290 g/mol. The fourth-order valence-electron chi connectivity index (χ4n) is 3.68. The molecule has 0 radical (unpaired) electrons. The molecular weight excluding hydrogens is 272 g/mol. The van der Waals surface area contributed by atoms with Crippen LogP contribution in [0.3, 0.4) is 0 Å². The lowest BCUT2D eigenvalue weighted by molar-refractivity contribution is -0.238. The zero-order valence-corrected chi connectivity index (χ0v) is 11.9. The summed E-state index contributed by atoms with van der Waals surface area (Å²) in [4.78, 5) is 11.4. The summed E-state index contributed by atoms with van der Waals surface area (Å²) in [6, 6.07) is 7.72. The Bertz CT molecular complexity index is 540. The van der Waals surface area contributed by atoms with Gasteiger partial charge in [0.15, 0.2) is 6.29 Å². The van der Waals surface area contributed by atoms with E-state index < -0.39 is 0 Å². The smallest absolute Gasteiger partial charge is 0.306 e. The van der Waals surface area contributed by atoms with E-state index in [1.54, 1.807) is 7.11 Å². The molecule has 4 rings (SSSR count). The number of esters is 1. The van der Waals surface area contributed by atoms with Crippen molar-refractivity contribution in [3.63, 3.8) is 0 Å². The molecular formula is C16H18O5. The number of carbonyl (C=O) groups excluding carboxylic acids is 1. The third-order valence-corrected chi connectivity index (χ3v) is 4.78. The second-order valence-corrected chi connectivity index (χ2v) is 5.91. The first-order valence-corrected chi connectivity index (χ1v) is 7.35. The minimum Gasteiger partial charge on any atom is -0.497 e. The number of fused-ring (bicyclic) bond motifs is 3. The molecule has 2 aliphatic heterocycles. The first-order valence-electron chi connectivity index (χ1n) is 7.35. The summed E-state index contributed by atoms with van der Waals surface area (Å²) in [5, 5.41) is 0. The van der Waals surface area contributed by atoms with Gasteiger partial charge < -0.3 is 18.9 Å². The molecule has 1 saturated carbocycles. The summed E-state index contributed by atoms with van der Waals surface area (Å²) in [7, 11) is 1.64. The zero-order valence-electron chi connectivity index (χ0n) is 11.9. The fourth-order valence-corrected chi connectivity index (χ4v) is 3.68. The Hall–Kier alpha value is -1.59. The van der Waals surface area contributed by atoms with E-state index in [1.165, 1.54) is 0 Å². The van der Waals surface area contributed by atoms with Crippen LogP contribution in [-0.2, 0) is 19.0 Å². The van der Waals surface area contributed by atoms with Crippen LogP contribution in [0.15, 0.2) is 24.3 Å². The van der Waals surface area contributed by atoms with E-state index >= 15 is 0 Å². The Balaban J connectivity index is 1.46. The Morgan fingerprint density at radius 2 is 1.95 bits per heavy atom. The van der Waals surface area contributed by atoms with Crippen LogP contribution in [0.4, 0.5) is 0 Å². The molecule has 5 atom stereocenters. The first-order chi connectivity index (χ1) is 10.2. The number of benzene rings is 1. The molecule has 112 valence electrons. The topological polar surface area (TPSA) is 54.0 Å². The Morgan fingerprint density at radius 1 is 1.14 bits per heavy atom. The van der Waals surface area contributed by atoms with Crippen LogP contribution in [0.2, 0.25) is 0 Å². The largest absolute Gasteiger partial charge is 0.497 e. The highest BCUT2D eigenvalue weighted by Gasteiger charge is 2.53. The van der Waals surface area contributed by atoms with Gasteiger partial charge >= 0.3 is 5.97 Å². The maximum absolute atomic E-state index is 11.4. The van der Waals surface area contributed by atoms with Gasteiger partial charge in [-0.15, -0.1) is 0 Å². The number of hydrogen-bond donors (Lipinski definition) is 0. The molecule has 0 aromatic heterocycles. The summed E-state index contributed by atoms with van der Waals surface area (Å²) in [5.74, 6) is 1.27. The van der Waals surface area contributed by atoms with Gasteiger partial charge in [0.05, 0.1) is 26.2 Å². The molecule has 0 amide bonds. The summed E-state index contributed by atoms with van der Waals surface area (Å²) in [6.07, 6.45) is 1.09. The summed E-state index contributed by atoms with van der Waals surface area (Å²) in [6.45, 7) is 0.624. The van der Waals surface area contributed by atoms with Gasteiger partial charge in [-0.05, 0) is 12.1 Å². The average Bonchev–Trinajstić information content (AvgIpc) is 3.02. The van der Waals surface area contributed by atoms with E-state index in [9.17, 15) is 4.79 Å². The van der Waals surface area contributed by atoms with Crippen LogP contribution in [0.25, 0.3) is 0 Å². The van der Waals surface area contributed by atoms with E-state index in [0.29, 0.717) is 13.0 Å². The first kappa shape index (κ1) is 13.1. The lowest BCUT2D eigenvalue weighted by Crippen LogP contribution is -2.35. The lowest BCUT2D eigenvalue weighted by atomic mass is 9.92. The van der Waals surface area contributed by atoms with Crippen molar-refractivity contribution in [2.24, 2.45) is 11.8 Å². The van der Waals surface area contributed by atoms with Crippen molar-refractivity contribution in [1.29, 1.82) is 0 Å². The fraction of sp³-hybridized carbons (Fsp3) is 0.562. The number of ether oxygens (including phenoxy) is 4. The van der Waals surface area contributed by atoms with Crippen molar-refractivity contribution in [1.82, 2.24) is 0 Å². The molecule has 21 heavy (non-hydrogen) atoms. The number of rotatable bonds is 2. The number of carbonyl (C=O) groups is 1. The van der Waals surface area contributed by atoms with Gasteiger partial charge in [0.1, 0.15) is 11.9 Å². The Labute approximate surface area is 123 Å². The van der Waals surface area contributed by atoms with Crippen molar-refractivity contribution >= 4 is 5.97 Å². The van der Waals surface area contributed by atoms with Crippen LogP contribution < -0.4 is 4.74 Å². The molecule has 0 N–H and O–H groups in total. The van der Waals surface area contributed by atoms with Gasteiger partial charge in [-0.1, -0.05) is 12.1 Å². The third kappa shape index (κ3) is 2.21. The second kappa shape index (κ2) is 5.00. The second-order valence-electron chi connectivity index (χ2n) is 5.91. The molecule has 5 heteroatoms. The van der Waals surface area contributed by atoms with Gasteiger partial charge in [0, 0.05) is 23.8 Å². The SMILES string of the molecule is COc1ccc(C2OC[C@@H]3[C@H]4CC(=O)O[C@H]4C[C@H]3O2)cc1. The van der Waals surface area contributed by atoms with E-state index in [-0.39, 0.29) is 36.3 Å². The highest BCUT2D eigenvalue weighted by molar-refractivity contribution is 5.72. The summed E-state index contributed by atoms with van der Waals surface area (Å²) in [5.41, 5.74) is 0.989. The van der Waals surface area contributed by atoms with Crippen LogP contribution in [0.5, 0.6) is 5.75 Å². The van der Waals surface area contributed by atoms with Gasteiger partial charge in [-0.25, -0.2) is 0 Å². The highest BCUT2D eigenvalue weighted by atomic mass is 16.7. The molecule has 1 aromatic rings. The third-order valence-electron chi connectivity index (χ3n) is 4.78. The number of hydrogen-bond acceptors (Lipinski definition) is 5. The van der Waals surface area contributed by atoms with E-state index in [2.05, 4.69) is 0 Å². The Kier molecular flexibility index (Phi) is 3.12. The Morgan fingerprint density at radius 3 is 2.71 bits per heavy atom. The predicted octanol–water partition coefficient (Wildman–Crippen LogP) is 2.06. The molecule has 0 spiro atoms. The number of methoxy groups -OCH3 is 1. The molecule has 2 heterocycles. The molecule has 1 aliphatic carbocycles. The summed E-state index contributed by atoms with van der Waals surface area (Å²) < 4.78 is 22.5. The van der Waals surface area contributed by atoms with Gasteiger partial charge in [0.25, 0.3) is 0 Å². The zero-order chi connectivity index (χ0) is 14.4. The highest BCUT2D eigenvalue weighted by Crippen LogP contribution is 2.47. The van der Waals surface area contributed by atoms with Crippen molar-refractivity contribution in [2.45, 2.75) is 31.3 Å². The van der Waals surface area contributed by atoms with Gasteiger partial charge in [0.2, 0.25) is 0 Å². The van der Waals surface area contributed by atoms with Gasteiger partial charge in [-0.2, -0.15) is 0 Å². The molecule has 1 unspecified atom stereocenters.